The van der Waals surface area contributed by atoms with Gasteiger partial charge < -0.3 is 15.8 Å². The normalized spacial score (nSPS) is 14.3. The Morgan fingerprint density at radius 3 is 3.00 bits per heavy atom. The van der Waals surface area contributed by atoms with Crippen LogP contribution in [0.4, 0.5) is 11.4 Å². The van der Waals surface area contributed by atoms with E-state index in [1.54, 1.807) is 0 Å². The molecular formula is C10H14N2O. The molecule has 3 heteroatoms. The van der Waals surface area contributed by atoms with Gasteiger partial charge in [0.05, 0.1) is 5.69 Å². The number of ether oxygens (including phenoxy) is 1. The second kappa shape index (κ2) is 2.83. The van der Waals surface area contributed by atoms with Crippen LogP contribution in [-0.2, 0) is 0 Å². The van der Waals surface area contributed by atoms with Gasteiger partial charge in [-0.05, 0) is 25.5 Å². The zero-order valence-electron chi connectivity index (χ0n) is 7.98. The van der Waals surface area contributed by atoms with Crippen LogP contribution in [0, 0.1) is 13.8 Å². The maximum atomic E-state index is 5.90. The Kier molecular flexibility index (Phi) is 1.79. The van der Waals surface area contributed by atoms with E-state index < -0.39 is 0 Å². The molecule has 13 heavy (non-hydrogen) atoms. The smallest absolute Gasteiger partial charge is 0.147 e. The Bertz CT molecular complexity index is 347. The molecule has 0 radical (unpaired) electrons. The molecule has 1 aliphatic heterocycles. The Balaban J connectivity index is 2.60. The molecule has 3 N–H and O–H groups in total. The lowest BCUT2D eigenvalue weighted by atomic mass is 10.1. The highest BCUT2D eigenvalue weighted by Crippen LogP contribution is 2.36. The molecule has 0 atom stereocenters. The van der Waals surface area contributed by atoms with Gasteiger partial charge in [0.25, 0.3) is 0 Å². The molecule has 1 heterocycles. The van der Waals surface area contributed by atoms with E-state index in [0.717, 1.165) is 41.4 Å². The van der Waals surface area contributed by atoms with Gasteiger partial charge in [-0.15, -0.1) is 0 Å². The van der Waals surface area contributed by atoms with E-state index in [1.165, 1.54) is 0 Å². The van der Waals surface area contributed by atoms with Crippen molar-refractivity contribution in [3.05, 3.63) is 17.2 Å². The van der Waals surface area contributed by atoms with Gasteiger partial charge in [-0.1, -0.05) is 0 Å². The minimum absolute atomic E-state index is 0.719. The van der Waals surface area contributed by atoms with Crippen LogP contribution in [-0.4, -0.2) is 13.2 Å². The highest BCUT2D eigenvalue weighted by atomic mass is 16.5. The maximum absolute atomic E-state index is 5.90. The molecule has 70 valence electrons. The molecule has 1 aromatic rings. The van der Waals surface area contributed by atoms with E-state index >= 15 is 0 Å². The van der Waals surface area contributed by atoms with Crippen LogP contribution in [0.5, 0.6) is 5.75 Å². The Morgan fingerprint density at radius 1 is 1.46 bits per heavy atom. The zero-order valence-corrected chi connectivity index (χ0v) is 7.98. The van der Waals surface area contributed by atoms with Crippen molar-refractivity contribution in [1.82, 2.24) is 0 Å². The fraction of sp³-hybridized carbons (Fsp3) is 0.400. The second-order valence-electron chi connectivity index (χ2n) is 3.38. The molecule has 0 bridgehead atoms. The predicted molar refractivity (Wildman–Crippen MR) is 54.3 cm³/mol. The SMILES string of the molecule is Cc1cc2c(c(C)c1N)OCCN2. The van der Waals surface area contributed by atoms with Gasteiger partial charge in [0.15, 0.2) is 0 Å². The summed E-state index contributed by atoms with van der Waals surface area (Å²) < 4.78 is 5.55. The Morgan fingerprint density at radius 2 is 2.23 bits per heavy atom. The molecule has 0 saturated carbocycles. The summed E-state index contributed by atoms with van der Waals surface area (Å²) in [7, 11) is 0. The largest absolute Gasteiger partial charge is 0.489 e. The first-order valence-electron chi connectivity index (χ1n) is 4.46. The number of hydrogen-bond acceptors (Lipinski definition) is 3. The third kappa shape index (κ3) is 1.20. The lowest BCUT2D eigenvalue weighted by Crippen LogP contribution is -2.19. The predicted octanol–water partition coefficient (Wildman–Crippen LogP) is 1.69. The van der Waals surface area contributed by atoms with E-state index in [2.05, 4.69) is 5.32 Å². The van der Waals surface area contributed by atoms with E-state index in [1.807, 2.05) is 19.9 Å². The van der Waals surface area contributed by atoms with Crippen LogP contribution >= 0.6 is 0 Å². The van der Waals surface area contributed by atoms with Crippen LogP contribution in [0.15, 0.2) is 6.07 Å². The van der Waals surface area contributed by atoms with Crippen LogP contribution in [0.25, 0.3) is 0 Å². The maximum Gasteiger partial charge on any atom is 0.147 e. The third-order valence-corrected chi connectivity index (χ3v) is 2.44. The van der Waals surface area contributed by atoms with Crippen molar-refractivity contribution in [3.63, 3.8) is 0 Å². The van der Waals surface area contributed by atoms with Crippen LogP contribution < -0.4 is 15.8 Å². The Hall–Kier alpha value is -1.38. The fourth-order valence-corrected chi connectivity index (χ4v) is 1.64. The molecule has 0 amide bonds. The quantitative estimate of drug-likeness (QED) is 0.594. The number of nitrogens with one attached hydrogen (secondary N) is 1. The highest BCUT2D eigenvalue weighted by Gasteiger charge is 2.15. The average Bonchev–Trinajstić information content (AvgIpc) is 2.15. The number of fused-ring (bicyclic) bond motifs is 1. The van der Waals surface area contributed by atoms with Gasteiger partial charge in [-0.3, -0.25) is 0 Å². The summed E-state index contributed by atoms with van der Waals surface area (Å²) in [4.78, 5) is 0. The van der Waals surface area contributed by atoms with Crippen LogP contribution in [0.1, 0.15) is 11.1 Å². The van der Waals surface area contributed by atoms with Gasteiger partial charge in [0.2, 0.25) is 0 Å². The van der Waals surface area contributed by atoms with Gasteiger partial charge in [0.1, 0.15) is 12.4 Å². The summed E-state index contributed by atoms with van der Waals surface area (Å²) in [5.74, 6) is 0.911. The summed E-state index contributed by atoms with van der Waals surface area (Å²) in [6.45, 7) is 5.60. The van der Waals surface area contributed by atoms with E-state index in [9.17, 15) is 0 Å². The zero-order chi connectivity index (χ0) is 9.42. The van der Waals surface area contributed by atoms with Crippen molar-refractivity contribution < 1.29 is 4.74 Å². The van der Waals surface area contributed by atoms with Gasteiger partial charge >= 0.3 is 0 Å². The van der Waals surface area contributed by atoms with Crippen molar-refractivity contribution in [2.45, 2.75) is 13.8 Å². The minimum atomic E-state index is 0.719. The van der Waals surface area contributed by atoms with Crippen LogP contribution in [0.3, 0.4) is 0 Å². The topological polar surface area (TPSA) is 47.3 Å². The Labute approximate surface area is 77.9 Å². The number of nitrogens with two attached hydrogens (primary N) is 1. The first-order valence-corrected chi connectivity index (χ1v) is 4.46. The molecule has 0 spiro atoms. The summed E-state index contributed by atoms with van der Waals surface area (Å²) in [5.41, 5.74) is 9.95. The number of aryl methyl sites for hydroxylation is 1. The van der Waals surface area contributed by atoms with Crippen molar-refractivity contribution >= 4 is 11.4 Å². The van der Waals surface area contributed by atoms with E-state index in [4.69, 9.17) is 10.5 Å². The molecule has 0 saturated heterocycles. The number of rotatable bonds is 0. The monoisotopic (exact) mass is 178 g/mol. The molecule has 0 fully saturated rings. The van der Waals surface area contributed by atoms with Crippen molar-refractivity contribution in [1.29, 1.82) is 0 Å². The van der Waals surface area contributed by atoms with Gasteiger partial charge in [-0.25, -0.2) is 0 Å². The molecule has 0 unspecified atom stereocenters. The standard InChI is InChI=1S/C10H14N2O/c1-6-5-8-10(7(2)9(6)11)13-4-3-12-8/h5,12H,3-4,11H2,1-2H3. The third-order valence-electron chi connectivity index (χ3n) is 2.44. The lowest BCUT2D eigenvalue weighted by molar-refractivity contribution is 0.321. The molecule has 3 nitrogen and oxygen atoms in total. The molecule has 2 rings (SSSR count). The number of hydrogen-bond donors (Lipinski definition) is 2. The van der Waals surface area contributed by atoms with E-state index in [0.29, 0.717) is 0 Å². The molecule has 0 aromatic heterocycles. The first-order chi connectivity index (χ1) is 6.20. The number of nitrogen functional groups attached to an aromatic ring is 1. The summed E-state index contributed by atoms with van der Waals surface area (Å²) in [5, 5.41) is 3.29. The second-order valence-corrected chi connectivity index (χ2v) is 3.38. The van der Waals surface area contributed by atoms with Crippen LogP contribution in [0.2, 0.25) is 0 Å². The van der Waals surface area contributed by atoms with Crippen molar-refractivity contribution in [2.75, 3.05) is 24.2 Å². The van der Waals surface area contributed by atoms with Gasteiger partial charge in [0, 0.05) is 17.8 Å². The summed E-state index contributed by atoms with van der Waals surface area (Å²) in [6, 6.07) is 2.04. The first kappa shape index (κ1) is 8.23. The molecule has 1 aromatic carbocycles. The highest BCUT2D eigenvalue weighted by molar-refractivity contribution is 5.71. The fourth-order valence-electron chi connectivity index (χ4n) is 1.64. The molecule has 1 aliphatic rings. The lowest BCUT2D eigenvalue weighted by Gasteiger charge is -2.22. The van der Waals surface area contributed by atoms with Gasteiger partial charge in [-0.2, -0.15) is 0 Å². The number of benzene rings is 1. The summed E-state index contributed by atoms with van der Waals surface area (Å²) in [6.07, 6.45) is 0. The average molecular weight is 178 g/mol. The number of anilines is 2. The minimum Gasteiger partial charge on any atom is -0.489 e. The van der Waals surface area contributed by atoms with Crippen molar-refractivity contribution in [3.8, 4) is 5.75 Å². The molecular weight excluding hydrogens is 164 g/mol. The molecule has 0 aliphatic carbocycles. The van der Waals surface area contributed by atoms with Crippen molar-refractivity contribution in [2.24, 2.45) is 0 Å². The van der Waals surface area contributed by atoms with E-state index in [-0.39, 0.29) is 0 Å². The summed E-state index contributed by atoms with van der Waals surface area (Å²) >= 11 is 0.